The van der Waals surface area contributed by atoms with Crippen LogP contribution in [-0.4, -0.2) is 32.9 Å². The molecule has 0 aliphatic carbocycles. The van der Waals surface area contributed by atoms with Gasteiger partial charge in [-0.05, 0) is 37.5 Å². The van der Waals surface area contributed by atoms with Crippen LogP contribution in [0.1, 0.15) is 29.1 Å². The minimum absolute atomic E-state index is 0.841. The fourth-order valence-electron chi connectivity index (χ4n) is 2.67. The number of pyridine rings is 1. The molecular formula is C17H20N4. The molecule has 1 aliphatic heterocycles. The summed E-state index contributed by atoms with van der Waals surface area (Å²) in [6.45, 7) is 6.94. The molecule has 0 bridgehead atoms. The lowest BCUT2D eigenvalue weighted by Crippen LogP contribution is -2.28. The van der Waals surface area contributed by atoms with Crippen LogP contribution in [0, 0.1) is 13.8 Å². The second-order valence-corrected chi connectivity index (χ2v) is 5.48. The molecule has 1 aliphatic rings. The molecule has 0 saturated carbocycles. The topological polar surface area (TPSA) is 41.9 Å². The maximum absolute atomic E-state index is 4.44. The van der Waals surface area contributed by atoms with Crippen molar-refractivity contribution < 1.29 is 0 Å². The van der Waals surface area contributed by atoms with E-state index in [4.69, 9.17) is 0 Å². The Bertz CT molecular complexity index is 649. The number of aryl methyl sites for hydroxylation is 2. The molecule has 0 amide bonds. The molecule has 3 heterocycles. The van der Waals surface area contributed by atoms with Crippen LogP contribution in [0.4, 0.5) is 0 Å². The molecule has 0 fully saturated rings. The van der Waals surface area contributed by atoms with Gasteiger partial charge < -0.3 is 0 Å². The minimum atomic E-state index is 0.841. The number of nitrogens with zero attached hydrogens (tertiary/aromatic N) is 4. The summed E-state index contributed by atoms with van der Waals surface area (Å²) in [4.78, 5) is 15.4. The quantitative estimate of drug-likeness (QED) is 0.867. The van der Waals surface area contributed by atoms with Crippen molar-refractivity contribution in [1.82, 2.24) is 19.9 Å². The average Bonchev–Trinajstić information content (AvgIpc) is 2.52. The van der Waals surface area contributed by atoms with Gasteiger partial charge in [-0.25, -0.2) is 9.97 Å². The van der Waals surface area contributed by atoms with Gasteiger partial charge in [-0.1, -0.05) is 12.1 Å². The molecule has 3 rings (SSSR count). The Morgan fingerprint density at radius 2 is 2.14 bits per heavy atom. The summed E-state index contributed by atoms with van der Waals surface area (Å²) in [5.41, 5.74) is 4.95. The number of aromatic nitrogens is 3. The van der Waals surface area contributed by atoms with Crippen LogP contribution >= 0.6 is 0 Å². The molecule has 0 radical (unpaired) electrons. The van der Waals surface area contributed by atoms with E-state index in [9.17, 15) is 0 Å². The molecule has 0 N–H and O–H groups in total. The van der Waals surface area contributed by atoms with Gasteiger partial charge in [0.1, 0.15) is 5.82 Å². The maximum atomic E-state index is 4.44. The number of hydrogen-bond acceptors (Lipinski definition) is 4. The van der Waals surface area contributed by atoms with E-state index in [-0.39, 0.29) is 0 Å². The molecule has 2 aromatic heterocycles. The van der Waals surface area contributed by atoms with Crippen LogP contribution in [0.15, 0.2) is 36.8 Å². The van der Waals surface area contributed by atoms with Crippen molar-refractivity contribution in [3.05, 3.63) is 59.4 Å². The second kappa shape index (κ2) is 6.14. The Morgan fingerprint density at radius 3 is 2.81 bits per heavy atom. The third-order valence-corrected chi connectivity index (χ3v) is 3.92. The smallest absolute Gasteiger partial charge is 0.125 e. The highest BCUT2D eigenvalue weighted by atomic mass is 15.1. The first-order valence-electron chi connectivity index (χ1n) is 7.33. The summed E-state index contributed by atoms with van der Waals surface area (Å²) in [7, 11) is 0. The zero-order valence-electron chi connectivity index (χ0n) is 12.6. The highest BCUT2D eigenvalue weighted by Gasteiger charge is 2.14. The van der Waals surface area contributed by atoms with E-state index >= 15 is 0 Å². The third kappa shape index (κ3) is 3.34. The second-order valence-electron chi connectivity index (χ2n) is 5.48. The predicted molar refractivity (Wildman–Crippen MR) is 83.6 cm³/mol. The van der Waals surface area contributed by atoms with Gasteiger partial charge in [-0.2, -0.15) is 0 Å². The van der Waals surface area contributed by atoms with E-state index in [0.717, 1.165) is 37.6 Å². The molecule has 108 valence electrons. The molecule has 21 heavy (non-hydrogen) atoms. The Labute approximate surface area is 125 Å². The SMILES string of the molecule is Cc1ncc(CN2CC=C(c3cccnc3)CC2)c(C)n1. The van der Waals surface area contributed by atoms with Gasteiger partial charge in [0.25, 0.3) is 0 Å². The van der Waals surface area contributed by atoms with Crippen molar-refractivity contribution in [3.8, 4) is 0 Å². The summed E-state index contributed by atoms with van der Waals surface area (Å²) >= 11 is 0. The average molecular weight is 280 g/mol. The number of rotatable bonds is 3. The van der Waals surface area contributed by atoms with Gasteiger partial charge in [0, 0.05) is 49.5 Å². The Kier molecular flexibility index (Phi) is 4.06. The van der Waals surface area contributed by atoms with Crippen molar-refractivity contribution in [2.24, 2.45) is 0 Å². The zero-order valence-corrected chi connectivity index (χ0v) is 12.6. The summed E-state index contributed by atoms with van der Waals surface area (Å²) in [6, 6.07) is 4.13. The van der Waals surface area contributed by atoms with E-state index in [1.165, 1.54) is 16.7 Å². The predicted octanol–water partition coefficient (Wildman–Crippen LogP) is 2.78. The van der Waals surface area contributed by atoms with Crippen LogP contribution in [0.2, 0.25) is 0 Å². The van der Waals surface area contributed by atoms with Crippen LogP contribution < -0.4 is 0 Å². The number of hydrogen-bond donors (Lipinski definition) is 0. The zero-order chi connectivity index (χ0) is 14.7. The third-order valence-electron chi connectivity index (χ3n) is 3.92. The van der Waals surface area contributed by atoms with Crippen LogP contribution in [0.25, 0.3) is 5.57 Å². The van der Waals surface area contributed by atoms with Crippen LogP contribution in [-0.2, 0) is 6.54 Å². The molecule has 4 heteroatoms. The van der Waals surface area contributed by atoms with Crippen molar-refractivity contribution in [2.75, 3.05) is 13.1 Å². The molecular weight excluding hydrogens is 260 g/mol. The van der Waals surface area contributed by atoms with E-state index in [1.807, 2.05) is 31.6 Å². The summed E-state index contributed by atoms with van der Waals surface area (Å²) < 4.78 is 0. The summed E-state index contributed by atoms with van der Waals surface area (Å²) in [5, 5.41) is 0. The maximum Gasteiger partial charge on any atom is 0.125 e. The van der Waals surface area contributed by atoms with Crippen molar-refractivity contribution in [2.45, 2.75) is 26.8 Å². The summed E-state index contributed by atoms with van der Waals surface area (Å²) in [5.74, 6) is 0.841. The first kappa shape index (κ1) is 13.9. The standard InChI is InChI=1S/C17H20N4/c1-13-17(11-19-14(2)20-13)12-21-8-5-15(6-9-21)16-4-3-7-18-10-16/h3-5,7,10-11H,6,8-9,12H2,1-2H3. The molecule has 0 spiro atoms. The van der Waals surface area contributed by atoms with E-state index < -0.39 is 0 Å². The van der Waals surface area contributed by atoms with Crippen LogP contribution in [0.3, 0.4) is 0 Å². The summed E-state index contributed by atoms with van der Waals surface area (Å²) in [6.07, 6.45) is 9.10. The lowest BCUT2D eigenvalue weighted by Gasteiger charge is -2.26. The first-order valence-corrected chi connectivity index (χ1v) is 7.33. The largest absolute Gasteiger partial charge is 0.295 e. The lowest BCUT2D eigenvalue weighted by molar-refractivity contribution is 0.292. The minimum Gasteiger partial charge on any atom is -0.295 e. The van der Waals surface area contributed by atoms with Gasteiger partial charge in [0.15, 0.2) is 0 Å². The Hall–Kier alpha value is -2.07. The van der Waals surface area contributed by atoms with E-state index in [1.54, 1.807) is 0 Å². The van der Waals surface area contributed by atoms with E-state index in [2.05, 4.69) is 38.9 Å². The van der Waals surface area contributed by atoms with Gasteiger partial charge in [0.2, 0.25) is 0 Å². The van der Waals surface area contributed by atoms with Gasteiger partial charge in [0.05, 0.1) is 0 Å². The Morgan fingerprint density at radius 1 is 1.24 bits per heavy atom. The molecule has 0 saturated heterocycles. The highest BCUT2D eigenvalue weighted by Crippen LogP contribution is 2.22. The van der Waals surface area contributed by atoms with Gasteiger partial charge >= 0.3 is 0 Å². The van der Waals surface area contributed by atoms with Crippen molar-refractivity contribution in [3.63, 3.8) is 0 Å². The molecule has 2 aromatic rings. The fourth-order valence-corrected chi connectivity index (χ4v) is 2.67. The van der Waals surface area contributed by atoms with Gasteiger partial charge in [-0.3, -0.25) is 9.88 Å². The lowest BCUT2D eigenvalue weighted by atomic mass is 10.0. The molecule has 0 atom stereocenters. The molecule has 0 unspecified atom stereocenters. The molecule has 0 aromatic carbocycles. The fraction of sp³-hybridized carbons (Fsp3) is 0.353. The van der Waals surface area contributed by atoms with Crippen molar-refractivity contribution >= 4 is 5.57 Å². The highest BCUT2D eigenvalue weighted by molar-refractivity contribution is 5.65. The first-order chi connectivity index (χ1) is 10.2. The molecule has 4 nitrogen and oxygen atoms in total. The van der Waals surface area contributed by atoms with E-state index in [0.29, 0.717) is 0 Å². The monoisotopic (exact) mass is 280 g/mol. The van der Waals surface area contributed by atoms with Gasteiger partial charge in [-0.15, -0.1) is 0 Å². The Balaban J connectivity index is 1.67. The van der Waals surface area contributed by atoms with Crippen molar-refractivity contribution in [1.29, 1.82) is 0 Å². The van der Waals surface area contributed by atoms with Crippen LogP contribution in [0.5, 0.6) is 0 Å². The normalized spacial score (nSPS) is 15.8.